The Morgan fingerprint density at radius 1 is 0.902 bits per heavy atom. The molecule has 4 aliphatic carbocycles. The van der Waals surface area contributed by atoms with Crippen LogP contribution in [-0.2, 0) is 4.74 Å². The minimum atomic E-state index is -1.43. The standard InChI is InChI=1S/C33H57NO7/c1-17(2)7-6-8-18(3)20-9-10-21-25-22(12-14-32(20,21)4)33(5)13-11-19(15-23(33)26(36)28(25)38)34-31-30(40)29(39)27(37)24(16-35)41-31/h17-22,24-25,27-31,34-40H,6-16H2,1-5H3/t18-,19+,20-,21+,22+,24-,25+,27-,28?,29-,30+,31+,32-,33-/m1/s1. The molecule has 1 aliphatic heterocycles. The molecule has 1 unspecified atom stereocenters. The highest BCUT2D eigenvalue weighted by Crippen LogP contribution is 2.68. The van der Waals surface area contributed by atoms with Crippen molar-refractivity contribution in [2.75, 3.05) is 6.61 Å². The lowest BCUT2D eigenvalue weighted by atomic mass is 9.46. The van der Waals surface area contributed by atoms with Gasteiger partial charge in [0.15, 0.2) is 0 Å². The molecule has 8 heteroatoms. The maximum absolute atomic E-state index is 11.7. The number of aliphatic hydroxyl groups is 6. The molecule has 5 aliphatic rings. The van der Waals surface area contributed by atoms with Crippen molar-refractivity contribution in [2.45, 2.75) is 142 Å². The second-order valence-electron chi connectivity index (χ2n) is 15.4. The fourth-order valence-corrected chi connectivity index (χ4v) is 10.4. The Bertz CT molecular complexity index is 956. The minimum Gasteiger partial charge on any atom is -0.510 e. The Balaban J connectivity index is 1.31. The van der Waals surface area contributed by atoms with Gasteiger partial charge in [0.1, 0.15) is 42.5 Å². The highest BCUT2D eigenvalue weighted by molar-refractivity contribution is 5.31. The Hall–Kier alpha value is -0.740. The second kappa shape index (κ2) is 12.0. The summed E-state index contributed by atoms with van der Waals surface area (Å²) in [7, 11) is 0. The van der Waals surface area contributed by atoms with Gasteiger partial charge < -0.3 is 35.4 Å². The highest BCUT2D eigenvalue weighted by Gasteiger charge is 2.63. The number of nitrogens with one attached hydrogen (secondary N) is 1. The van der Waals surface area contributed by atoms with Crippen LogP contribution in [0.15, 0.2) is 11.3 Å². The summed E-state index contributed by atoms with van der Waals surface area (Å²) in [5.41, 5.74) is 0.930. The topological polar surface area (TPSA) is 143 Å². The number of fused-ring (bicyclic) bond motifs is 5. The lowest BCUT2D eigenvalue weighted by Crippen LogP contribution is -2.64. The van der Waals surface area contributed by atoms with Gasteiger partial charge in [0.05, 0.1) is 6.61 Å². The zero-order chi connectivity index (χ0) is 29.9. The van der Waals surface area contributed by atoms with Crippen molar-refractivity contribution < 1.29 is 35.4 Å². The first-order valence-corrected chi connectivity index (χ1v) is 16.5. The largest absolute Gasteiger partial charge is 0.510 e. The van der Waals surface area contributed by atoms with Crippen molar-refractivity contribution >= 4 is 0 Å². The van der Waals surface area contributed by atoms with Gasteiger partial charge in [-0.25, -0.2) is 0 Å². The van der Waals surface area contributed by atoms with Gasteiger partial charge in [-0.05, 0) is 96.9 Å². The molecule has 0 radical (unpaired) electrons. The number of ether oxygens (including phenoxy) is 1. The smallest absolute Gasteiger partial charge is 0.137 e. The summed E-state index contributed by atoms with van der Waals surface area (Å²) in [6.07, 6.45) is 3.71. The van der Waals surface area contributed by atoms with Crippen LogP contribution < -0.4 is 5.32 Å². The van der Waals surface area contributed by atoms with Crippen LogP contribution in [-0.4, -0.2) is 80.0 Å². The lowest BCUT2D eigenvalue weighted by molar-refractivity contribution is -0.238. The van der Waals surface area contributed by atoms with Crippen molar-refractivity contribution in [3.05, 3.63) is 11.3 Å². The summed E-state index contributed by atoms with van der Waals surface area (Å²) < 4.78 is 5.70. The number of hydrogen-bond donors (Lipinski definition) is 7. The molecule has 14 atom stereocenters. The molecule has 8 nitrogen and oxygen atoms in total. The molecule has 3 saturated carbocycles. The Kier molecular flexibility index (Phi) is 9.26. The molecule has 236 valence electrons. The summed E-state index contributed by atoms with van der Waals surface area (Å²) in [6, 6.07) is -0.137. The molecule has 0 bridgehead atoms. The molecule has 1 saturated heterocycles. The molecule has 0 aromatic carbocycles. The van der Waals surface area contributed by atoms with Crippen LogP contribution in [0.2, 0.25) is 0 Å². The average Bonchev–Trinajstić information content (AvgIpc) is 3.29. The van der Waals surface area contributed by atoms with E-state index in [1.54, 1.807) is 0 Å². The molecular weight excluding hydrogens is 522 g/mol. The molecular formula is C33H57NO7. The molecule has 5 rings (SSSR count). The molecule has 41 heavy (non-hydrogen) atoms. The first kappa shape index (κ1) is 31.7. The van der Waals surface area contributed by atoms with E-state index in [2.05, 4.69) is 39.9 Å². The van der Waals surface area contributed by atoms with Gasteiger partial charge in [-0.15, -0.1) is 0 Å². The van der Waals surface area contributed by atoms with Gasteiger partial charge in [0.25, 0.3) is 0 Å². The van der Waals surface area contributed by atoms with Crippen LogP contribution in [0.25, 0.3) is 0 Å². The summed E-state index contributed by atoms with van der Waals surface area (Å²) >= 11 is 0. The quantitative estimate of drug-likeness (QED) is 0.231. The summed E-state index contributed by atoms with van der Waals surface area (Å²) in [6.45, 7) is 11.4. The number of rotatable bonds is 8. The maximum atomic E-state index is 11.7. The average molecular weight is 580 g/mol. The first-order valence-electron chi connectivity index (χ1n) is 16.5. The molecule has 1 heterocycles. The van der Waals surface area contributed by atoms with E-state index < -0.39 is 43.4 Å². The molecule has 0 amide bonds. The van der Waals surface area contributed by atoms with Crippen molar-refractivity contribution in [3.63, 3.8) is 0 Å². The van der Waals surface area contributed by atoms with E-state index in [0.717, 1.165) is 37.2 Å². The fraction of sp³-hybridized carbons (Fsp3) is 0.939. The zero-order valence-electron chi connectivity index (χ0n) is 25.9. The van der Waals surface area contributed by atoms with Gasteiger partial charge in [-0.1, -0.05) is 53.9 Å². The summed E-state index contributed by atoms with van der Waals surface area (Å²) in [5.74, 6) is 3.06. The zero-order valence-corrected chi connectivity index (χ0v) is 25.9. The van der Waals surface area contributed by atoms with Gasteiger partial charge in [-0.2, -0.15) is 0 Å². The van der Waals surface area contributed by atoms with Crippen LogP contribution >= 0.6 is 0 Å². The first-order chi connectivity index (χ1) is 19.3. The van der Waals surface area contributed by atoms with E-state index in [4.69, 9.17) is 4.74 Å². The van der Waals surface area contributed by atoms with E-state index in [0.29, 0.717) is 30.1 Å². The van der Waals surface area contributed by atoms with E-state index in [1.807, 2.05) is 0 Å². The highest BCUT2D eigenvalue weighted by atomic mass is 16.6. The molecule has 0 aromatic heterocycles. The van der Waals surface area contributed by atoms with E-state index in [9.17, 15) is 30.6 Å². The fourth-order valence-electron chi connectivity index (χ4n) is 10.4. The summed E-state index contributed by atoms with van der Waals surface area (Å²) in [5, 5.41) is 67.1. The Morgan fingerprint density at radius 3 is 2.32 bits per heavy atom. The minimum absolute atomic E-state index is 0.0744. The van der Waals surface area contributed by atoms with E-state index >= 15 is 0 Å². The third-order valence-corrected chi connectivity index (χ3v) is 12.8. The van der Waals surface area contributed by atoms with Gasteiger partial charge in [0.2, 0.25) is 0 Å². The Labute approximate surface area is 246 Å². The third-order valence-electron chi connectivity index (χ3n) is 12.8. The van der Waals surface area contributed by atoms with Gasteiger partial charge in [-0.3, -0.25) is 5.32 Å². The molecule has 0 spiro atoms. The predicted molar refractivity (Wildman–Crippen MR) is 157 cm³/mol. The van der Waals surface area contributed by atoms with Crippen LogP contribution in [0.1, 0.15) is 98.8 Å². The van der Waals surface area contributed by atoms with Gasteiger partial charge in [0, 0.05) is 6.04 Å². The van der Waals surface area contributed by atoms with Crippen molar-refractivity contribution in [2.24, 2.45) is 46.3 Å². The number of aliphatic hydroxyl groups excluding tert-OH is 6. The van der Waals surface area contributed by atoms with Gasteiger partial charge >= 0.3 is 0 Å². The Morgan fingerprint density at radius 2 is 1.63 bits per heavy atom. The molecule has 7 N–H and O–H groups in total. The van der Waals surface area contributed by atoms with Crippen LogP contribution in [0.4, 0.5) is 0 Å². The van der Waals surface area contributed by atoms with E-state index in [1.165, 1.54) is 32.1 Å². The van der Waals surface area contributed by atoms with Crippen molar-refractivity contribution in [1.82, 2.24) is 5.32 Å². The monoisotopic (exact) mass is 579 g/mol. The normalized spacial score (nSPS) is 49.0. The van der Waals surface area contributed by atoms with Crippen LogP contribution in [0.5, 0.6) is 0 Å². The number of hydrogen-bond acceptors (Lipinski definition) is 8. The van der Waals surface area contributed by atoms with Crippen LogP contribution in [0.3, 0.4) is 0 Å². The van der Waals surface area contributed by atoms with Crippen molar-refractivity contribution in [3.8, 4) is 0 Å². The van der Waals surface area contributed by atoms with E-state index in [-0.39, 0.29) is 28.5 Å². The predicted octanol–water partition coefficient (Wildman–Crippen LogP) is 3.64. The third kappa shape index (κ3) is 5.42. The SMILES string of the molecule is CC(C)CCC[C@@H](C)[C@H]1CC[C@H]2[C@@H]3C(O)C(O)=C4C[C@@H](N[C@H]5O[C@H](CO)[C@@H](O)[C@@H](O)[C@@H]5O)CC[C@]4(C)[C@H]3CC[C@]12C. The lowest BCUT2D eigenvalue weighted by Gasteiger charge is -2.60. The summed E-state index contributed by atoms with van der Waals surface area (Å²) in [4.78, 5) is 0. The van der Waals surface area contributed by atoms with Crippen LogP contribution in [0, 0.1) is 46.3 Å². The van der Waals surface area contributed by atoms with Crippen molar-refractivity contribution in [1.29, 1.82) is 0 Å². The molecule has 0 aromatic rings. The molecule has 4 fully saturated rings. The maximum Gasteiger partial charge on any atom is 0.137 e. The second-order valence-corrected chi connectivity index (χ2v) is 15.4.